The Labute approximate surface area is 273 Å². The molecule has 0 saturated heterocycles. The van der Waals surface area contributed by atoms with Gasteiger partial charge in [-0.25, -0.2) is 0 Å². The normalized spacial score (nSPS) is 13.6. The Hall–Kier alpha value is -6.12. The fourth-order valence-corrected chi connectivity index (χ4v) is 7.22. The summed E-state index contributed by atoms with van der Waals surface area (Å²) in [6, 6.07) is 44.4. The van der Waals surface area contributed by atoms with Crippen molar-refractivity contribution in [1.29, 1.82) is 0 Å². The smallest absolute Gasteiger partial charge is 0.135 e. The Balaban J connectivity index is 1.18. The van der Waals surface area contributed by atoms with Gasteiger partial charge in [0.05, 0.1) is 17.9 Å². The van der Waals surface area contributed by atoms with Crippen LogP contribution in [0.15, 0.2) is 164 Å². The fraction of sp³-hybridized carbons (Fsp3) is 0. The molecule has 1 aromatic heterocycles. The van der Waals surface area contributed by atoms with E-state index in [1.54, 1.807) is 6.07 Å². The summed E-state index contributed by atoms with van der Waals surface area (Å²) >= 11 is 0. The maximum absolute atomic E-state index is 8.65. The van der Waals surface area contributed by atoms with E-state index >= 15 is 0 Å². The van der Waals surface area contributed by atoms with E-state index in [9.17, 15) is 0 Å². The Morgan fingerprint density at radius 3 is 2.15 bits per heavy atom. The molecule has 0 saturated carbocycles. The molecule has 2 heterocycles. The third-order valence-electron chi connectivity index (χ3n) is 9.26. The highest BCUT2D eigenvalue weighted by Crippen LogP contribution is 2.49. The van der Waals surface area contributed by atoms with E-state index in [-0.39, 0.29) is 29.7 Å². The topological polar surface area (TPSA) is 14.2 Å². The summed E-state index contributed by atoms with van der Waals surface area (Å²) < 4.78 is 50.8. The summed E-state index contributed by atoms with van der Waals surface area (Å²) in [6.45, 7) is 0. The number of fused-ring (bicyclic) bond motifs is 7. The zero-order chi connectivity index (χ0) is 34.5. The number of hydrogen-bond donors (Lipinski definition) is 0. The van der Waals surface area contributed by atoms with Crippen LogP contribution in [-0.2, 0) is 0 Å². The second kappa shape index (κ2) is 9.69. The van der Waals surface area contributed by atoms with Crippen molar-refractivity contribution in [3.05, 3.63) is 164 Å². The molecule has 0 spiro atoms. The first kappa shape index (κ1) is 20.8. The summed E-state index contributed by atoms with van der Waals surface area (Å²) in [7, 11) is 0. The van der Waals surface area contributed by atoms with E-state index in [0.717, 1.165) is 50.0 Å². The van der Waals surface area contributed by atoms with Gasteiger partial charge in [0.15, 0.2) is 0 Å². The summed E-state index contributed by atoms with van der Waals surface area (Å²) in [5, 5.41) is 6.40. The minimum Gasteiger partial charge on any atom is -0.456 e. The lowest BCUT2D eigenvalue weighted by molar-refractivity contribution is 0.487. The SMILES string of the molecule is [2H]c1c([2H])c([2H])c(-c2ccc3c4c(cccc24)-c2cc(-c4ccc5c6ccc7ccccc7c6n(-c6ccccc6)c5c4)ccc2O3)c([2H])c1[2H]. The zero-order valence-corrected chi connectivity index (χ0v) is 24.6. The summed E-state index contributed by atoms with van der Waals surface area (Å²) in [5.74, 6) is 1.40. The van der Waals surface area contributed by atoms with Crippen molar-refractivity contribution in [3.8, 4) is 50.6 Å². The molecular weight excluding hydrogens is 558 g/mol. The van der Waals surface area contributed by atoms with Gasteiger partial charge in [-0.05, 0) is 75.0 Å². The third kappa shape index (κ3) is 3.65. The van der Waals surface area contributed by atoms with Crippen LogP contribution in [-0.4, -0.2) is 4.57 Å². The zero-order valence-electron chi connectivity index (χ0n) is 29.6. The lowest BCUT2D eigenvalue weighted by Crippen LogP contribution is -1.98. The van der Waals surface area contributed by atoms with Crippen LogP contribution in [0, 0.1) is 0 Å². The maximum atomic E-state index is 8.65. The van der Waals surface area contributed by atoms with Crippen LogP contribution < -0.4 is 4.74 Å². The van der Waals surface area contributed by atoms with Crippen molar-refractivity contribution in [1.82, 2.24) is 4.57 Å². The molecule has 0 atom stereocenters. The van der Waals surface area contributed by atoms with Crippen LogP contribution in [0.25, 0.3) is 82.4 Å². The highest BCUT2D eigenvalue weighted by atomic mass is 16.5. The Morgan fingerprint density at radius 1 is 0.478 bits per heavy atom. The number of ether oxygens (including phenoxy) is 1. The molecule has 2 heteroatoms. The summed E-state index contributed by atoms with van der Waals surface area (Å²) in [4.78, 5) is 0. The van der Waals surface area contributed by atoms with Gasteiger partial charge >= 0.3 is 0 Å². The molecule has 9 aromatic rings. The molecule has 2 nitrogen and oxygen atoms in total. The molecule has 0 unspecified atom stereocenters. The van der Waals surface area contributed by atoms with Crippen molar-refractivity contribution in [2.45, 2.75) is 0 Å². The van der Waals surface area contributed by atoms with E-state index < -0.39 is 6.04 Å². The van der Waals surface area contributed by atoms with Crippen LogP contribution in [0.5, 0.6) is 11.5 Å². The minimum atomic E-state index is -0.406. The lowest BCUT2D eigenvalue weighted by Gasteiger charge is -2.23. The van der Waals surface area contributed by atoms with Gasteiger partial charge < -0.3 is 9.30 Å². The van der Waals surface area contributed by atoms with Crippen molar-refractivity contribution >= 4 is 43.4 Å². The Morgan fingerprint density at radius 2 is 1.24 bits per heavy atom. The molecule has 8 aromatic carbocycles. The number of benzene rings is 8. The molecule has 0 aliphatic carbocycles. The van der Waals surface area contributed by atoms with Gasteiger partial charge in [-0.3, -0.25) is 0 Å². The monoisotopic (exact) mass is 590 g/mol. The molecule has 0 radical (unpaired) electrons. The molecule has 0 amide bonds. The van der Waals surface area contributed by atoms with Crippen molar-refractivity contribution in [3.63, 3.8) is 0 Å². The van der Waals surface area contributed by atoms with Gasteiger partial charge in [-0.15, -0.1) is 0 Å². The molecule has 46 heavy (non-hydrogen) atoms. The second-order valence-corrected chi connectivity index (χ2v) is 11.7. The number of para-hydroxylation sites is 1. The molecule has 0 N–H and O–H groups in total. The van der Waals surface area contributed by atoms with Crippen LogP contribution >= 0.6 is 0 Å². The van der Waals surface area contributed by atoms with Gasteiger partial charge in [0.1, 0.15) is 11.5 Å². The van der Waals surface area contributed by atoms with Crippen LogP contribution in [0.2, 0.25) is 0 Å². The minimum absolute atomic E-state index is 0.180. The first-order valence-corrected chi connectivity index (χ1v) is 15.4. The largest absolute Gasteiger partial charge is 0.456 e. The van der Waals surface area contributed by atoms with Crippen molar-refractivity contribution in [2.24, 2.45) is 0 Å². The fourth-order valence-electron chi connectivity index (χ4n) is 7.22. The quantitative estimate of drug-likeness (QED) is 0.200. The second-order valence-electron chi connectivity index (χ2n) is 11.7. The van der Waals surface area contributed by atoms with Crippen molar-refractivity contribution < 1.29 is 11.6 Å². The maximum Gasteiger partial charge on any atom is 0.135 e. The van der Waals surface area contributed by atoms with Crippen LogP contribution in [0.1, 0.15) is 6.85 Å². The van der Waals surface area contributed by atoms with E-state index in [1.807, 2.05) is 30.3 Å². The standard InChI is InChI=1S/C44H27NO/c1-3-10-28(11-4-1)33-23-25-42-43-36(33)16-9-17-37(43)39-26-30(20-24-41(39)46-42)31-19-21-35-38-22-18-29-12-7-8-15-34(29)44(38)45(40(35)27-31)32-13-5-2-6-14-32/h1-27H/i1D,3D,4D,10D,11D. The molecular formula is C44H27NO. The summed E-state index contributed by atoms with van der Waals surface area (Å²) in [5.41, 5.74) is 8.16. The number of hydrogen-bond acceptors (Lipinski definition) is 1. The summed E-state index contributed by atoms with van der Waals surface area (Å²) in [6.07, 6.45) is 0. The molecule has 0 fully saturated rings. The van der Waals surface area contributed by atoms with Gasteiger partial charge in [0, 0.05) is 32.8 Å². The molecule has 214 valence electrons. The molecule has 0 bridgehead atoms. The van der Waals surface area contributed by atoms with E-state index in [0.29, 0.717) is 11.3 Å². The number of nitrogens with zero attached hydrogens (tertiary/aromatic N) is 1. The molecule has 1 aliphatic rings. The molecule has 10 rings (SSSR count). The van der Waals surface area contributed by atoms with Crippen LogP contribution in [0.4, 0.5) is 0 Å². The highest BCUT2D eigenvalue weighted by Gasteiger charge is 2.23. The first-order chi connectivity index (χ1) is 24.9. The van der Waals surface area contributed by atoms with Gasteiger partial charge in [0.2, 0.25) is 0 Å². The lowest BCUT2D eigenvalue weighted by atomic mass is 9.89. The number of aromatic nitrogens is 1. The average molecular weight is 591 g/mol. The first-order valence-electron chi connectivity index (χ1n) is 17.9. The predicted octanol–water partition coefficient (Wildman–Crippen LogP) is 12.2. The molecule has 1 aliphatic heterocycles. The van der Waals surface area contributed by atoms with Gasteiger partial charge in [-0.1, -0.05) is 127 Å². The van der Waals surface area contributed by atoms with Crippen LogP contribution in [0.3, 0.4) is 0 Å². The Bertz CT molecular complexity index is 2920. The highest BCUT2D eigenvalue weighted by molar-refractivity contribution is 6.19. The van der Waals surface area contributed by atoms with E-state index in [1.165, 1.54) is 27.1 Å². The van der Waals surface area contributed by atoms with E-state index in [4.69, 9.17) is 11.6 Å². The predicted molar refractivity (Wildman–Crippen MR) is 192 cm³/mol. The van der Waals surface area contributed by atoms with Crippen molar-refractivity contribution in [2.75, 3.05) is 0 Å². The average Bonchev–Trinajstić information content (AvgIpc) is 3.51. The van der Waals surface area contributed by atoms with Gasteiger partial charge in [-0.2, -0.15) is 0 Å². The Kier molecular flexibility index (Phi) is 4.37. The van der Waals surface area contributed by atoms with E-state index in [2.05, 4.69) is 102 Å². The number of rotatable bonds is 3. The van der Waals surface area contributed by atoms with Gasteiger partial charge in [0.25, 0.3) is 0 Å². The third-order valence-corrected chi connectivity index (χ3v) is 9.26.